The van der Waals surface area contributed by atoms with E-state index < -0.39 is 12.0 Å². The third-order valence-corrected chi connectivity index (χ3v) is 2.47. The van der Waals surface area contributed by atoms with Crippen molar-refractivity contribution in [3.8, 4) is 0 Å². The zero-order valence-electron chi connectivity index (χ0n) is 9.44. The minimum absolute atomic E-state index is 0.316. The Morgan fingerprint density at radius 3 is 2.56 bits per heavy atom. The molecule has 0 bridgehead atoms. The molecule has 1 heterocycles. The number of hydrogen-bond acceptors (Lipinski definition) is 3. The second-order valence-corrected chi connectivity index (χ2v) is 3.73. The number of hydrogen-bond donors (Lipinski definition) is 2. The minimum atomic E-state index is -0.983. The molecule has 0 unspecified atom stereocenters. The molecule has 0 radical (unpaired) electrons. The van der Waals surface area contributed by atoms with Gasteiger partial charge in [-0.3, -0.25) is 0 Å². The second kappa shape index (κ2) is 6.32. The number of nitrogens with zero attached hydrogens (tertiary/aromatic N) is 1. The molecule has 1 atom stereocenters. The maximum absolute atomic E-state index is 11.7. The fraction of sp³-hybridized carbons (Fsp3) is 0.800. The second-order valence-electron chi connectivity index (χ2n) is 3.73. The lowest BCUT2D eigenvalue weighted by molar-refractivity contribution is -0.139. The molecule has 2 amide bonds. The van der Waals surface area contributed by atoms with Gasteiger partial charge in [0.25, 0.3) is 0 Å². The highest BCUT2D eigenvalue weighted by Crippen LogP contribution is 2.01. The average molecular weight is 230 g/mol. The molecule has 2 N–H and O–H groups in total. The van der Waals surface area contributed by atoms with E-state index in [0.717, 1.165) is 6.42 Å². The molecule has 1 rings (SSSR count). The van der Waals surface area contributed by atoms with E-state index in [1.807, 2.05) is 6.92 Å². The van der Waals surface area contributed by atoms with Gasteiger partial charge in [0, 0.05) is 13.1 Å². The van der Waals surface area contributed by atoms with Crippen LogP contribution in [-0.2, 0) is 9.53 Å². The summed E-state index contributed by atoms with van der Waals surface area (Å²) in [6, 6.07) is -1.11. The molecule has 0 aliphatic carbocycles. The predicted octanol–water partition coefficient (Wildman–Crippen LogP) is 0.281. The zero-order valence-corrected chi connectivity index (χ0v) is 9.44. The lowest BCUT2D eigenvalue weighted by atomic mass is 10.2. The van der Waals surface area contributed by atoms with Crippen molar-refractivity contribution in [1.29, 1.82) is 0 Å². The summed E-state index contributed by atoms with van der Waals surface area (Å²) in [6.45, 7) is 3.95. The van der Waals surface area contributed by atoms with Gasteiger partial charge in [0.15, 0.2) is 0 Å². The van der Waals surface area contributed by atoms with Crippen LogP contribution in [0.2, 0.25) is 0 Å². The SMILES string of the molecule is CCC[C@@H](NC(=O)N1CCOCC1)C(=O)O. The smallest absolute Gasteiger partial charge is 0.326 e. The van der Waals surface area contributed by atoms with Crippen LogP contribution in [-0.4, -0.2) is 54.4 Å². The van der Waals surface area contributed by atoms with Gasteiger partial charge in [0.2, 0.25) is 0 Å². The van der Waals surface area contributed by atoms with Crippen LogP contribution in [0.3, 0.4) is 0 Å². The van der Waals surface area contributed by atoms with Crippen LogP contribution in [0.5, 0.6) is 0 Å². The molecule has 0 aromatic heterocycles. The van der Waals surface area contributed by atoms with E-state index in [9.17, 15) is 9.59 Å². The Morgan fingerprint density at radius 1 is 1.44 bits per heavy atom. The van der Waals surface area contributed by atoms with Gasteiger partial charge < -0.3 is 20.1 Å². The van der Waals surface area contributed by atoms with E-state index in [4.69, 9.17) is 9.84 Å². The van der Waals surface area contributed by atoms with Crippen molar-refractivity contribution in [3.05, 3.63) is 0 Å². The van der Waals surface area contributed by atoms with Crippen LogP contribution in [0, 0.1) is 0 Å². The van der Waals surface area contributed by atoms with Crippen LogP contribution >= 0.6 is 0 Å². The Labute approximate surface area is 94.6 Å². The molecule has 92 valence electrons. The Hall–Kier alpha value is -1.30. The number of carbonyl (C=O) groups is 2. The van der Waals surface area contributed by atoms with Crippen molar-refractivity contribution >= 4 is 12.0 Å². The van der Waals surface area contributed by atoms with E-state index in [-0.39, 0.29) is 6.03 Å². The number of morpholine rings is 1. The highest BCUT2D eigenvalue weighted by molar-refractivity contribution is 5.82. The maximum atomic E-state index is 11.7. The van der Waals surface area contributed by atoms with Gasteiger partial charge >= 0.3 is 12.0 Å². The number of aliphatic carboxylic acids is 1. The van der Waals surface area contributed by atoms with E-state index >= 15 is 0 Å². The molecule has 6 nitrogen and oxygen atoms in total. The number of carbonyl (C=O) groups excluding carboxylic acids is 1. The fourth-order valence-electron chi connectivity index (χ4n) is 1.55. The van der Waals surface area contributed by atoms with Gasteiger partial charge in [-0.2, -0.15) is 0 Å². The van der Waals surface area contributed by atoms with Crippen molar-refractivity contribution in [2.45, 2.75) is 25.8 Å². The van der Waals surface area contributed by atoms with Gasteiger partial charge in [0.05, 0.1) is 13.2 Å². The molecule has 0 saturated carbocycles. The predicted molar refractivity (Wildman–Crippen MR) is 57.3 cm³/mol. The summed E-state index contributed by atoms with van der Waals surface area (Å²) in [6.07, 6.45) is 1.17. The summed E-state index contributed by atoms with van der Waals surface area (Å²) < 4.78 is 5.11. The van der Waals surface area contributed by atoms with Crippen LogP contribution in [0.1, 0.15) is 19.8 Å². The van der Waals surface area contributed by atoms with Gasteiger partial charge in [-0.1, -0.05) is 13.3 Å². The van der Waals surface area contributed by atoms with Crippen molar-refractivity contribution < 1.29 is 19.4 Å². The highest BCUT2D eigenvalue weighted by atomic mass is 16.5. The summed E-state index contributed by atoms with van der Waals surface area (Å²) >= 11 is 0. The van der Waals surface area contributed by atoms with Gasteiger partial charge in [0.1, 0.15) is 6.04 Å². The monoisotopic (exact) mass is 230 g/mol. The number of carboxylic acids is 1. The molecule has 6 heteroatoms. The third kappa shape index (κ3) is 3.69. The number of amides is 2. The largest absolute Gasteiger partial charge is 0.480 e. The summed E-state index contributed by atoms with van der Waals surface area (Å²) in [5, 5.41) is 11.4. The Bertz CT molecular complexity index is 251. The first-order valence-corrected chi connectivity index (χ1v) is 5.51. The molecule has 0 spiro atoms. The van der Waals surface area contributed by atoms with E-state index in [1.54, 1.807) is 4.90 Å². The van der Waals surface area contributed by atoms with E-state index in [0.29, 0.717) is 32.7 Å². The highest BCUT2D eigenvalue weighted by Gasteiger charge is 2.23. The topological polar surface area (TPSA) is 78.9 Å². The third-order valence-electron chi connectivity index (χ3n) is 2.47. The lowest BCUT2D eigenvalue weighted by Gasteiger charge is -2.28. The quantitative estimate of drug-likeness (QED) is 0.727. The Balaban J connectivity index is 2.43. The van der Waals surface area contributed by atoms with Gasteiger partial charge in [-0.05, 0) is 6.42 Å². The van der Waals surface area contributed by atoms with Crippen LogP contribution in [0.25, 0.3) is 0 Å². The number of nitrogens with one attached hydrogen (secondary N) is 1. The molecule has 16 heavy (non-hydrogen) atoms. The number of ether oxygens (including phenoxy) is 1. The summed E-state index contributed by atoms with van der Waals surface area (Å²) in [7, 11) is 0. The molecule has 1 saturated heterocycles. The number of rotatable bonds is 4. The molecule has 0 aromatic carbocycles. The van der Waals surface area contributed by atoms with Crippen LogP contribution in [0.15, 0.2) is 0 Å². The first-order chi connectivity index (χ1) is 7.65. The first-order valence-electron chi connectivity index (χ1n) is 5.51. The standard InChI is InChI=1S/C10H18N2O4/c1-2-3-8(9(13)14)11-10(15)12-4-6-16-7-5-12/h8H,2-7H2,1H3,(H,11,15)(H,13,14)/t8-/m1/s1. The fourth-order valence-corrected chi connectivity index (χ4v) is 1.55. The van der Waals surface area contributed by atoms with Crippen molar-refractivity contribution in [3.63, 3.8) is 0 Å². The van der Waals surface area contributed by atoms with E-state index in [2.05, 4.69) is 5.32 Å². The van der Waals surface area contributed by atoms with Gasteiger partial charge in [-0.25, -0.2) is 9.59 Å². The van der Waals surface area contributed by atoms with Crippen molar-refractivity contribution in [2.75, 3.05) is 26.3 Å². The Kier molecular flexibility index (Phi) is 5.04. The normalized spacial score (nSPS) is 17.9. The Morgan fingerprint density at radius 2 is 2.06 bits per heavy atom. The lowest BCUT2D eigenvalue weighted by Crippen LogP contribution is -2.51. The first kappa shape index (κ1) is 12.8. The maximum Gasteiger partial charge on any atom is 0.326 e. The summed E-state index contributed by atoms with van der Waals surface area (Å²) in [4.78, 5) is 24.1. The molecule has 0 aromatic rings. The summed E-state index contributed by atoms with van der Waals surface area (Å²) in [5.41, 5.74) is 0. The summed E-state index contributed by atoms with van der Waals surface area (Å²) in [5.74, 6) is -0.983. The molecule has 1 fully saturated rings. The van der Waals surface area contributed by atoms with Crippen molar-refractivity contribution in [1.82, 2.24) is 10.2 Å². The van der Waals surface area contributed by atoms with Crippen LogP contribution < -0.4 is 5.32 Å². The minimum Gasteiger partial charge on any atom is -0.480 e. The van der Waals surface area contributed by atoms with Crippen LogP contribution in [0.4, 0.5) is 4.79 Å². The molecular weight excluding hydrogens is 212 g/mol. The molecule has 1 aliphatic heterocycles. The zero-order chi connectivity index (χ0) is 12.0. The molecule has 1 aliphatic rings. The number of urea groups is 1. The average Bonchev–Trinajstić information content (AvgIpc) is 2.29. The number of carboxylic acid groups (broad SMARTS) is 1. The van der Waals surface area contributed by atoms with Crippen molar-refractivity contribution in [2.24, 2.45) is 0 Å². The van der Waals surface area contributed by atoms with E-state index in [1.165, 1.54) is 0 Å². The molecular formula is C10H18N2O4. The van der Waals surface area contributed by atoms with Gasteiger partial charge in [-0.15, -0.1) is 0 Å².